The van der Waals surface area contributed by atoms with Crippen LogP contribution in [0.2, 0.25) is 0 Å². The number of fused-ring (bicyclic) bond motifs is 7. The normalized spacial score (nSPS) is 11.7. The number of para-hydroxylation sites is 3. The molecule has 0 unspecified atom stereocenters. The van der Waals surface area contributed by atoms with Crippen molar-refractivity contribution in [3.8, 4) is 50.6 Å². The monoisotopic (exact) mass is 689 g/mol. The summed E-state index contributed by atoms with van der Waals surface area (Å²) in [5.41, 5.74) is 13.6. The van der Waals surface area contributed by atoms with Gasteiger partial charge < -0.3 is 8.98 Å². The first-order valence-electron chi connectivity index (χ1n) is 18.2. The molecule has 3 heterocycles. The van der Waals surface area contributed by atoms with Crippen LogP contribution >= 0.6 is 0 Å². The molecule has 8 aromatic carbocycles. The van der Waals surface area contributed by atoms with Gasteiger partial charge in [0.15, 0.2) is 5.82 Å². The summed E-state index contributed by atoms with van der Waals surface area (Å²) in [5, 5.41) is 5.72. The summed E-state index contributed by atoms with van der Waals surface area (Å²) in [4.78, 5) is 10.5. The van der Waals surface area contributed by atoms with Crippen molar-refractivity contribution in [1.82, 2.24) is 14.5 Å². The highest BCUT2D eigenvalue weighted by atomic mass is 16.3. The van der Waals surface area contributed by atoms with Crippen LogP contribution < -0.4 is 0 Å². The first-order valence-corrected chi connectivity index (χ1v) is 18.2. The van der Waals surface area contributed by atoms with E-state index in [9.17, 15) is 0 Å². The van der Waals surface area contributed by atoms with Crippen molar-refractivity contribution in [3.63, 3.8) is 0 Å². The molecular weight excluding hydrogens is 659 g/mol. The van der Waals surface area contributed by atoms with Crippen LogP contribution in [0.1, 0.15) is 0 Å². The lowest BCUT2D eigenvalue weighted by atomic mass is 9.98. The van der Waals surface area contributed by atoms with E-state index in [0.717, 1.165) is 77.6 Å². The average molecular weight is 690 g/mol. The first-order chi connectivity index (χ1) is 26.7. The minimum absolute atomic E-state index is 0.691. The Hall–Kier alpha value is -7.30. The van der Waals surface area contributed by atoms with Crippen molar-refractivity contribution < 1.29 is 4.42 Å². The number of aromatic nitrogens is 3. The first kappa shape index (κ1) is 30.3. The van der Waals surface area contributed by atoms with Gasteiger partial charge in [-0.3, -0.25) is 0 Å². The molecule has 0 saturated heterocycles. The second kappa shape index (κ2) is 12.1. The van der Waals surface area contributed by atoms with Crippen LogP contribution in [0.15, 0.2) is 192 Å². The molecule has 4 heteroatoms. The van der Waals surface area contributed by atoms with Crippen LogP contribution in [0.3, 0.4) is 0 Å². The molecular formula is C50H31N3O. The zero-order valence-corrected chi connectivity index (χ0v) is 29.1. The van der Waals surface area contributed by atoms with Gasteiger partial charge in [0.1, 0.15) is 11.2 Å². The molecule has 0 aliphatic carbocycles. The summed E-state index contributed by atoms with van der Waals surface area (Å²) in [7, 11) is 0. The molecule has 11 aromatic rings. The van der Waals surface area contributed by atoms with E-state index < -0.39 is 0 Å². The highest BCUT2D eigenvalue weighted by Crippen LogP contribution is 2.38. The molecule has 0 N–H and O–H groups in total. The Morgan fingerprint density at radius 1 is 0.352 bits per heavy atom. The maximum atomic E-state index is 6.22. The molecule has 0 amide bonds. The fourth-order valence-corrected chi connectivity index (χ4v) is 8.00. The van der Waals surface area contributed by atoms with E-state index in [1.165, 1.54) is 21.8 Å². The van der Waals surface area contributed by atoms with Gasteiger partial charge in [0.2, 0.25) is 0 Å². The maximum absolute atomic E-state index is 6.22. The quantitative estimate of drug-likeness (QED) is 0.181. The number of nitrogens with zero attached hydrogens (tertiary/aromatic N) is 3. The van der Waals surface area contributed by atoms with E-state index in [1.54, 1.807) is 0 Å². The van der Waals surface area contributed by atoms with Gasteiger partial charge in [-0.25, -0.2) is 9.97 Å². The van der Waals surface area contributed by atoms with Gasteiger partial charge in [-0.1, -0.05) is 121 Å². The van der Waals surface area contributed by atoms with Crippen LogP contribution in [0.4, 0.5) is 0 Å². The summed E-state index contributed by atoms with van der Waals surface area (Å²) in [6, 6.07) is 66.2. The minimum Gasteiger partial charge on any atom is -0.456 e. The predicted molar refractivity (Wildman–Crippen MR) is 223 cm³/mol. The lowest BCUT2D eigenvalue weighted by Crippen LogP contribution is -1.96. The second-order valence-electron chi connectivity index (χ2n) is 13.8. The summed E-state index contributed by atoms with van der Waals surface area (Å²) in [6.45, 7) is 0. The van der Waals surface area contributed by atoms with Gasteiger partial charge in [-0.2, -0.15) is 0 Å². The van der Waals surface area contributed by atoms with Crippen molar-refractivity contribution in [2.45, 2.75) is 0 Å². The lowest BCUT2D eigenvalue weighted by molar-refractivity contribution is 0.669. The molecule has 11 rings (SSSR count). The van der Waals surface area contributed by atoms with Crippen LogP contribution in [0.25, 0.3) is 105 Å². The third-order valence-electron chi connectivity index (χ3n) is 10.6. The highest BCUT2D eigenvalue weighted by molar-refractivity contribution is 6.11. The van der Waals surface area contributed by atoms with Crippen LogP contribution in [-0.2, 0) is 0 Å². The molecule has 0 aliphatic heterocycles. The topological polar surface area (TPSA) is 43.9 Å². The van der Waals surface area contributed by atoms with Gasteiger partial charge in [-0.05, 0) is 89.0 Å². The fourth-order valence-electron chi connectivity index (χ4n) is 8.00. The number of hydrogen-bond donors (Lipinski definition) is 0. The van der Waals surface area contributed by atoms with E-state index in [0.29, 0.717) is 5.82 Å². The van der Waals surface area contributed by atoms with Crippen LogP contribution in [0.5, 0.6) is 0 Å². The van der Waals surface area contributed by atoms with E-state index >= 15 is 0 Å². The Bertz CT molecular complexity index is 3210. The number of hydrogen-bond acceptors (Lipinski definition) is 3. The average Bonchev–Trinajstić information content (AvgIpc) is 3.79. The Labute approximate surface area is 311 Å². The van der Waals surface area contributed by atoms with E-state index in [4.69, 9.17) is 14.4 Å². The standard InChI is InChI=1S/C50H31N3O/c1-3-12-32(13-4-1)49-43-30-34(35-24-27-46-42(29-35)39-18-7-9-20-45(39)53(46)38-16-5-2-6-17-38)23-26-44(43)51-50(52-49)37-15-11-14-33(28-37)36-22-25-41-40-19-8-10-21-47(40)54-48(41)31-36/h1-31H. The smallest absolute Gasteiger partial charge is 0.160 e. The van der Waals surface area contributed by atoms with Gasteiger partial charge in [0, 0.05) is 43.7 Å². The van der Waals surface area contributed by atoms with Gasteiger partial charge in [-0.15, -0.1) is 0 Å². The second-order valence-corrected chi connectivity index (χ2v) is 13.8. The fraction of sp³-hybridized carbons (Fsp3) is 0. The number of rotatable bonds is 5. The number of benzene rings is 8. The van der Waals surface area contributed by atoms with Crippen molar-refractivity contribution in [2.24, 2.45) is 0 Å². The van der Waals surface area contributed by atoms with Crippen molar-refractivity contribution >= 4 is 54.6 Å². The molecule has 0 spiro atoms. The summed E-state index contributed by atoms with van der Waals surface area (Å²) < 4.78 is 8.57. The van der Waals surface area contributed by atoms with Crippen LogP contribution in [0, 0.1) is 0 Å². The third kappa shape index (κ3) is 4.92. The largest absolute Gasteiger partial charge is 0.456 e. The molecule has 0 saturated carbocycles. The molecule has 252 valence electrons. The molecule has 4 nitrogen and oxygen atoms in total. The zero-order valence-electron chi connectivity index (χ0n) is 29.1. The van der Waals surface area contributed by atoms with Crippen molar-refractivity contribution in [3.05, 3.63) is 188 Å². The molecule has 3 aromatic heterocycles. The Morgan fingerprint density at radius 2 is 0.963 bits per heavy atom. The molecule has 0 atom stereocenters. The summed E-state index contributed by atoms with van der Waals surface area (Å²) in [6.07, 6.45) is 0. The maximum Gasteiger partial charge on any atom is 0.160 e. The van der Waals surface area contributed by atoms with Gasteiger partial charge in [0.25, 0.3) is 0 Å². The minimum atomic E-state index is 0.691. The van der Waals surface area contributed by atoms with E-state index in [2.05, 4.69) is 174 Å². The van der Waals surface area contributed by atoms with E-state index in [1.807, 2.05) is 18.2 Å². The Balaban J connectivity index is 1.03. The lowest BCUT2D eigenvalue weighted by Gasteiger charge is -2.12. The van der Waals surface area contributed by atoms with Gasteiger partial charge >= 0.3 is 0 Å². The SMILES string of the molecule is c1ccc(-c2nc(-c3cccc(-c4ccc5c(c4)oc4ccccc45)c3)nc3ccc(-c4ccc5c(c4)c4ccccc4n5-c4ccccc4)cc23)cc1. The molecule has 0 aliphatic rings. The van der Waals surface area contributed by atoms with Crippen LogP contribution in [-0.4, -0.2) is 14.5 Å². The summed E-state index contributed by atoms with van der Waals surface area (Å²) in [5.74, 6) is 0.691. The summed E-state index contributed by atoms with van der Waals surface area (Å²) >= 11 is 0. The third-order valence-corrected chi connectivity index (χ3v) is 10.6. The molecule has 0 fully saturated rings. The zero-order chi connectivity index (χ0) is 35.6. The Morgan fingerprint density at radius 3 is 1.83 bits per heavy atom. The van der Waals surface area contributed by atoms with E-state index in [-0.39, 0.29) is 0 Å². The Kier molecular flexibility index (Phi) is 6.82. The van der Waals surface area contributed by atoms with Gasteiger partial charge in [0.05, 0.1) is 22.2 Å². The predicted octanol–water partition coefficient (Wildman–Crippen LogP) is 13.3. The molecule has 0 bridgehead atoms. The number of furan rings is 1. The van der Waals surface area contributed by atoms with Crippen molar-refractivity contribution in [2.75, 3.05) is 0 Å². The highest BCUT2D eigenvalue weighted by Gasteiger charge is 2.16. The van der Waals surface area contributed by atoms with Crippen molar-refractivity contribution in [1.29, 1.82) is 0 Å². The molecule has 0 radical (unpaired) electrons. The molecule has 54 heavy (non-hydrogen) atoms.